The number of aliphatic hydroxyl groups excluding tert-OH is 1. The number of nitrogens with two attached hydrogens (primary N) is 1. The minimum absolute atomic E-state index is 0.148. The predicted molar refractivity (Wildman–Crippen MR) is 63.9 cm³/mol. The van der Waals surface area contributed by atoms with Gasteiger partial charge in [-0.15, -0.1) is 0 Å². The first-order valence-corrected chi connectivity index (χ1v) is 5.56. The van der Waals surface area contributed by atoms with Gasteiger partial charge in [-0.05, 0) is 37.1 Å². The second-order valence-electron chi connectivity index (χ2n) is 3.68. The van der Waals surface area contributed by atoms with Gasteiger partial charge >= 0.3 is 0 Å². The van der Waals surface area contributed by atoms with Crippen molar-refractivity contribution in [1.29, 1.82) is 0 Å². The molecule has 0 atom stereocenters. The van der Waals surface area contributed by atoms with Crippen LogP contribution in [0.4, 0.5) is 10.1 Å². The van der Waals surface area contributed by atoms with E-state index in [-0.39, 0.29) is 12.4 Å². The van der Waals surface area contributed by atoms with Crippen molar-refractivity contribution in [2.75, 3.05) is 24.6 Å². The number of nitrogens with zero attached hydrogens (tertiary/aromatic N) is 1. The Balaban J connectivity index is 2.86. The Hall–Kier alpha value is -1.13. The second kappa shape index (κ2) is 6.45. The third-order valence-corrected chi connectivity index (χ3v) is 2.51. The molecule has 4 heteroatoms. The van der Waals surface area contributed by atoms with E-state index in [1.165, 1.54) is 12.1 Å². The maximum Gasteiger partial charge on any atom is 0.125 e. The maximum atomic E-state index is 13.3. The van der Waals surface area contributed by atoms with Gasteiger partial charge in [-0.25, -0.2) is 4.39 Å². The van der Waals surface area contributed by atoms with Gasteiger partial charge < -0.3 is 15.7 Å². The number of hydrogen-bond acceptors (Lipinski definition) is 3. The summed E-state index contributed by atoms with van der Waals surface area (Å²) < 4.78 is 13.3. The Kier molecular flexibility index (Phi) is 5.22. The summed E-state index contributed by atoms with van der Waals surface area (Å²) in [5.41, 5.74) is 7.12. The van der Waals surface area contributed by atoms with Crippen molar-refractivity contribution in [2.24, 2.45) is 5.73 Å². The zero-order chi connectivity index (χ0) is 12.0. The molecule has 0 saturated heterocycles. The van der Waals surface area contributed by atoms with E-state index >= 15 is 0 Å². The maximum absolute atomic E-state index is 13.3. The normalized spacial score (nSPS) is 10.5. The fourth-order valence-electron chi connectivity index (χ4n) is 1.67. The summed E-state index contributed by atoms with van der Waals surface area (Å²) in [6, 6.07) is 4.84. The summed E-state index contributed by atoms with van der Waals surface area (Å²) in [5.74, 6) is -0.264. The van der Waals surface area contributed by atoms with Crippen LogP contribution < -0.4 is 10.6 Å². The molecule has 0 aliphatic heterocycles. The molecule has 0 aliphatic carbocycles. The molecular weight excluding hydrogens is 207 g/mol. The molecule has 0 unspecified atom stereocenters. The average Bonchev–Trinajstić information content (AvgIpc) is 2.29. The molecule has 1 aromatic rings. The molecule has 16 heavy (non-hydrogen) atoms. The van der Waals surface area contributed by atoms with Gasteiger partial charge in [0.25, 0.3) is 0 Å². The summed E-state index contributed by atoms with van der Waals surface area (Å²) in [5, 5.41) is 8.79. The topological polar surface area (TPSA) is 49.5 Å². The largest absolute Gasteiger partial charge is 0.396 e. The quantitative estimate of drug-likeness (QED) is 0.772. The first kappa shape index (κ1) is 12.9. The van der Waals surface area contributed by atoms with Gasteiger partial charge in [-0.3, -0.25) is 0 Å². The van der Waals surface area contributed by atoms with Crippen LogP contribution in [0.3, 0.4) is 0 Å². The minimum Gasteiger partial charge on any atom is -0.396 e. The molecule has 0 fully saturated rings. The van der Waals surface area contributed by atoms with Gasteiger partial charge in [0.05, 0.1) is 0 Å². The van der Waals surface area contributed by atoms with Crippen LogP contribution in [0.2, 0.25) is 0 Å². The zero-order valence-electron chi connectivity index (χ0n) is 9.62. The molecule has 0 heterocycles. The van der Waals surface area contributed by atoms with E-state index in [2.05, 4.69) is 0 Å². The third kappa shape index (κ3) is 3.47. The highest BCUT2D eigenvalue weighted by atomic mass is 19.1. The van der Waals surface area contributed by atoms with E-state index in [4.69, 9.17) is 10.8 Å². The zero-order valence-corrected chi connectivity index (χ0v) is 9.62. The minimum atomic E-state index is -0.264. The van der Waals surface area contributed by atoms with Crippen molar-refractivity contribution in [3.8, 4) is 0 Å². The molecule has 0 radical (unpaired) electrons. The fourth-order valence-corrected chi connectivity index (χ4v) is 1.67. The van der Waals surface area contributed by atoms with Gasteiger partial charge in [0, 0.05) is 31.9 Å². The Morgan fingerprint density at radius 2 is 2.12 bits per heavy atom. The van der Waals surface area contributed by atoms with Crippen molar-refractivity contribution in [1.82, 2.24) is 0 Å². The van der Waals surface area contributed by atoms with Gasteiger partial charge in [-0.1, -0.05) is 0 Å². The Labute approximate surface area is 95.7 Å². The highest BCUT2D eigenvalue weighted by molar-refractivity contribution is 5.49. The van der Waals surface area contributed by atoms with Gasteiger partial charge in [0.2, 0.25) is 0 Å². The Morgan fingerprint density at radius 1 is 1.38 bits per heavy atom. The van der Waals surface area contributed by atoms with Crippen LogP contribution in [-0.2, 0) is 6.54 Å². The number of hydrogen-bond donors (Lipinski definition) is 2. The number of aliphatic hydroxyl groups is 1. The molecule has 0 saturated carbocycles. The molecule has 90 valence electrons. The van der Waals surface area contributed by atoms with Crippen LogP contribution in [0.1, 0.15) is 18.9 Å². The molecule has 3 N–H and O–H groups in total. The first-order chi connectivity index (χ1) is 7.71. The van der Waals surface area contributed by atoms with E-state index in [9.17, 15) is 4.39 Å². The van der Waals surface area contributed by atoms with Crippen molar-refractivity contribution in [3.63, 3.8) is 0 Å². The number of rotatable bonds is 6. The summed E-state index contributed by atoms with van der Waals surface area (Å²) in [4.78, 5) is 2.03. The van der Waals surface area contributed by atoms with Gasteiger partial charge in [-0.2, -0.15) is 0 Å². The number of halogens is 1. The third-order valence-electron chi connectivity index (χ3n) is 2.51. The molecule has 0 amide bonds. The van der Waals surface area contributed by atoms with Crippen LogP contribution in [0.25, 0.3) is 0 Å². The Bertz CT molecular complexity index is 331. The second-order valence-corrected chi connectivity index (χ2v) is 3.68. The van der Waals surface area contributed by atoms with Crippen molar-refractivity contribution in [2.45, 2.75) is 19.9 Å². The molecule has 0 bridgehead atoms. The van der Waals surface area contributed by atoms with Crippen LogP contribution >= 0.6 is 0 Å². The lowest BCUT2D eigenvalue weighted by Gasteiger charge is -2.23. The molecule has 1 rings (SSSR count). The van der Waals surface area contributed by atoms with Gasteiger partial charge in [0.15, 0.2) is 0 Å². The van der Waals surface area contributed by atoms with E-state index in [1.807, 2.05) is 17.9 Å². The van der Waals surface area contributed by atoms with Crippen molar-refractivity contribution < 1.29 is 9.50 Å². The standard InChI is InChI=1S/C12H19FN2O/c1-2-15(4-3-5-16)12-7-10(9-14)6-11(13)8-12/h6-8,16H,2-5,9,14H2,1H3. The van der Waals surface area contributed by atoms with Crippen LogP contribution in [0.15, 0.2) is 18.2 Å². The Morgan fingerprint density at radius 3 is 2.69 bits per heavy atom. The predicted octanol–water partition coefficient (Wildman–Crippen LogP) is 1.49. The lowest BCUT2D eigenvalue weighted by atomic mass is 10.1. The average molecular weight is 226 g/mol. The van der Waals surface area contributed by atoms with E-state index in [0.29, 0.717) is 13.0 Å². The highest BCUT2D eigenvalue weighted by Crippen LogP contribution is 2.18. The van der Waals surface area contributed by atoms with Crippen molar-refractivity contribution in [3.05, 3.63) is 29.6 Å². The molecule has 1 aromatic carbocycles. The van der Waals surface area contributed by atoms with E-state index in [1.54, 1.807) is 0 Å². The summed E-state index contributed by atoms with van der Waals surface area (Å²) >= 11 is 0. The molecule has 3 nitrogen and oxygen atoms in total. The van der Waals surface area contributed by atoms with Crippen LogP contribution in [0.5, 0.6) is 0 Å². The summed E-state index contributed by atoms with van der Waals surface area (Å²) in [7, 11) is 0. The molecular formula is C12H19FN2O. The van der Waals surface area contributed by atoms with Crippen LogP contribution in [0, 0.1) is 5.82 Å². The smallest absolute Gasteiger partial charge is 0.125 e. The molecule has 0 aromatic heterocycles. The highest BCUT2D eigenvalue weighted by Gasteiger charge is 2.06. The van der Waals surface area contributed by atoms with E-state index < -0.39 is 0 Å². The summed E-state index contributed by atoms with van der Waals surface area (Å²) in [6.07, 6.45) is 0.683. The SMILES string of the molecule is CCN(CCCO)c1cc(F)cc(CN)c1. The summed E-state index contributed by atoms with van der Waals surface area (Å²) in [6.45, 7) is 4.00. The van der Waals surface area contributed by atoms with E-state index in [0.717, 1.165) is 24.3 Å². The van der Waals surface area contributed by atoms with Crippen LogP contribution in [-0.4, -0.2) is 24.8 Å². The fraction of sp³-hybridized carbons (Fsp3) is 0.500. The molecule has 0 aliphatic rings. The number of anilines is 1. The number of benzene rings is 1. The molecule has 0 spiro atoms. The first-order valence-electron chi connectivity index (χ1n) is 5.56. The van der Waals surface area contributed by atoms with Gasteiger partial charge in [0.1, 0.15) is 5.82 Å². The van der Waals surface area contributed by atoms with Crippen molar-refractivity contribution >= 4 is 5.69 Å². The lowest BCUT2D eigenvalue weighted by molar-refractivity contribution is 0.289. The monoisotopic (exact) mass is 226 g/mol. The lowest BCUT2D eigenvalue weighted by Crippen LogP contribution is -2.25.